The minimum absolute atomic E-state index is 0.0466. The fourth-order valence-corrected chi connectivity index (χ4v) is 3.00. The zero-order valence-electron chi connectivity index (χ0n) is 10.4. The predicted octanol–water partition coefficient (Wildman–Crippen LogP) is 3.56. The van der Waals surface area contributed by atoms with E-state index in [9.17, 15) is 4.79 Å². The molecular formula is C11H19N3OS2. The molecule has 0 radical (unpaired) electrons. The molecule has 0 aromatic carbocycles. The summed E-state index contributed by atoms with van der Waals surface area (Å²) in [5, 5.41) is 11.3. The fourth-order valence-electron chi connectivity index (χ4n) is 1.34. The second-order valence-corrected chi connectivity index (χ2v) is 6.15. The Morgan fingerprint density at radius 1 is 1.29 bits per heavy atom. The minimum atomic E-state index is 0.0466. The van der Waals surface area contributed by atoms with E-state index in [2.05, 4.69) is 29.4 Å². The molecule has 0 unspecified atom stereocenters. The topological polar surface area (TPSA) is 54.9 Å². The van der Waals surface area contributed by atoms with Crippen LogP contribution in [0.3, 0.4) is 0 Å². The quantitative estimate of drug-likeness (QED) is 0.447. The highest BCUT2D eigenvalue weighted by atomic mass is 32.2. The number of nitrogens with zero attached hydrogens (tertiary/aromatic N) is 2. The lowest BCUT2D eigenvalue weighted by Crippen LogP contribution is -2.10. The Bertz CT molecular complexity index is 341. The molecule has 0 aliphatic rings. The van der Waals surface area contributed by atoms with Crippen molar-refractivity contribution in [2.45, 2.75) is 50.3 Å². The van der Waals surface area contributed by atoms with Crippen molar-refractivity contribution >= 4 is 34.1 Å². The molecule has 0 saturated heterocycles. The molecule has 17 heavy (non-hydrogen) atoms. The van der Waals surface area contributed by atoms with Gasteiger partial charge in [-0.1, -0.05) is 56.2 Å². The maximum Gasteiger partial charge on any atom is 0.226 e. The van der Waals surface area contributed by atoms with Crippen LogP contribution in [0.25, 0.3) is 0 Å². The van der Waals surface area contributed by atoms with E-state index < -0.39 is 0 Å². The number of anilines is 1. The van der Waals surface area contributed by atoms with Crippen LogP contribution in [-0.2, 0) is 4.79 Å². The Hall–Kier alpha value is -0.620. The largest absolute Gasteiger partial charge is 0.301 e. The van der Waals surface area contributed by atoms with Crippen molar-refractivity contribution in [3.63, 3.8) is 0 Å². The molecule has 0 atom stereocenters. The molecule has 1 N–H and O–H groups in total. The van der Waals surface area contributed by atoms with Gasteiger partial charge in [-0.3, -0.25) is 4.79 Å². The SMILES string of the molecule is CCCCCCC(=O)Nc1nnc(SCC)s1. The third-order valence-electron chi connectivity index (χ3n) is 2.18. The van der Waals surface area contributed by atoms with Gasteiger partial charge in [-0.15, -0.1) is 10.2 Å². The molecule has 4 nitrogen and oxygen atoms in total. The van der Waals surface area contributed by atoms with Gasteiger partial charge >= 0.3 is 0 Å². The van der Waals surface area contributed by atoms with E-state index in [0.29, 0.717) is 11.6 Å². The first-order chi connectivity index (χ1) is 8.26. The normalized spacial score (nSPS) is 10.5. The average Bonchev–Trinajstić information content (AvgIpc) is 2.73. The molecule has 1 rings (SSSR count). The van der Waals surface area contributed by atoms with Crippen molar-refractivity contribution in [1.29, 1.82) is 0 Å². The van der Waals surface area contributed by atoms with Gasteiger partial charge in [-0.2, -0.15) is 0 Å². The van der Waals surface area contributed by atoms with Gasteiger partial charge in [0.15, 0.2) is 4.34 Å². The smallest absolute Gasteiger partial charge is 0.226 e. The number of carbonyl (C=O) groups excluding carboxylic acids is 1. The van der Waals surface area contributed by atoms with Crippen molar-refractivity contribution in [2.75, 3.05) is 11.1 Å². The number of nitrogens with one attached hydrogen (secondary N) is 1. The van der Waals surface area contributed by atoms with Crippen LogP contribution < -0.4 is 5.32 Å². The summed E-state index contributed by atoms with van der Waals surface area (Å²) >= 11 is 3.08. The standard InChI is InChI=1S/C11H19N3OS2/c1-3-5-6-7-8-9(15)12-10-13-14-11(17-10)16-4-2/h3-8H2,1-2H3,(H,12,13,15). The van der Waals surface area contributed by atoms with Crippen molar-refractivity contribution in [3.05, 3.63) is 0 Å². The lowest BCUT2D eigenvalue weighted by molar-refractivity contribution is -0.116. The summed E-state index contributed by atoms with van der Waals surface area (Å²) in [4.78, 5) is 11.6. The highest BCUT2D eigenvalue weighted by Crippen LogP contribution is 2.25. The molecule has 96 valence electrons. The van der Waals surface area contributed by atoms with Gasteiger partial charge in [0.05, 0.1) is 0 Å². The van der Waals surface area contributed by atoms with Crippen molar-refractivity contribution in [3.8, 4) is 0 Å². The maximum atomic E-state index is 11.6. The number of hydrogen-bond donors (Lipinski definition) is 1. The van der Waals surface area contributed by atoms with Crippen LogP contribution in [0.1, 0.15) is 46.0 Å². The number of amides is 1. The highest BCUT2D eigenvalue weighted by molar-refractivity contribution is 8.01. The monoisotopic (exact) mass is 273 g/mol. The van der Waals surface area contributed by atoms with E-state index in [4.69, 9.17) is 0 Å². The van der Waals surface area contributed by atoms with Crippen LogP contribution >= 0.6 is 23.1 Å². The molecule has 1 aromatic rings. The maximum absolute atomic E-state index is 11.6. The molecule has 0 bridgehead atoms. The van der Waals surface area contributed by atoms with Crippen molar-refractivity contribution < 1.29 is 4.79 Å². The Labute approximate surface area is 111 Å². The van der Waals surface area contributed by atoms with Crippen LogP contribution in [0, 0.1) is 0 Å². The molecule has 1 amide bonds. The molecule has 0 fully saturated rings. The minimum Gasteiger partial charge on any atom is -0.301 e. The number of thioether (sulfide) groups is 1. The van der Waals surface area contributed by atoms with E-state index in [1.54, 1.807) is 11.8 Å². The number of aromatic nitrogens is 2. The molecule has 1 heterocycles. The van der Waals surface area contributed by atoms with Gasteiger partial charge in [-0.05, 0) is 12.2 Å². The highest BCUT2D eigenvalue weighted by Gasteiger charge is 2.07. The third kappa shape index (κ3) is 6.02. The summed E-state index contributed by atoms with van der Waals surface area (Å²) in [7, 11) is 0. The van der Waals surface area contributed by atoms with Crippen LogP contribution in [0.5, 0.6) is 0 Å². The summed E-state index contributed by atoms with van der Waals surface area (Å²) in [5.41, 5.74) is 0. The van der Waals surface area contributed by atoms with Crippen LogP contribution in [0.2, 0.25) is 0 Å². The molecule has 0 aliphatic carbocycles. The fraction of sp³-hybridized carbons (Fsp3) is 0.727. The van der Waals surface area contributed by atoms with Gasteiger partial charge in [0.1, 0.15) is 0 Å². The zero-order chi connectivity index (χ0) is 12.5. The Kier molecular flexibility index (Phi) is 7.19. The lowest BCUT2D eigenvalue weighted by atomic mass is 10.1. The zero-order valence-corrected chi connectivity index (χ0v) is 12.0. The second-order valence-electron chi connectivity index (χ2n) is 3.66. The molecule has 1 aromatic heterocycles. The van der Waals surface area contributed by atoms with Gasteiger partial charge in [0, 0.05) is 6.42 Å². The first kappa shape index (κ1) is 14.4. The Morgan fingerprint density at radius 3 is 2.82 bits per heavy atom. The van der Waals surface area contributed by atoms with Crippen LogP contribution in [-0.4, -0.2) is 21.9 Å². The van der Waals surface area contributed by atoms with E-state index in [0.717, 1.165) is 22.9 Å². The molecule has 6 heteroatoms. The molecule has 0 spiro atoms. The van der Waals surface area contributed by atoms with Crippen LogP contribution in [0.15, 0.2) is 4.34 Å². The number of rotatable bonds is 8. The predicted molar refractivity (Wildman–Crippen MR) is 73.7 cm³/mol. The summed E-state index contributed by atoms with van der Waals surface area (Å²) in [6.07, 6.45) is 5.04. The lowest BCUT2D eigenvalue weighted by Gasteiger charge is -2.00. The summed E-state index contributed by atoms with van der Waals surface area (Å²) in [6.45, 7) is 4.23. The summed E-state index contributed by atoms with van der Waals surface area (Å²) in [6, 6.07) is 0. The number of carbonyl (C=O) groups is 1. The second kappa shape index (κ2) is 8.47. The average molecular weight is 273 g/mol. The first-order valence-electron chi connectivity index (χ1n) is 6.02. The number of unbranched alkanes of at least 4 members (excludes halogenated alkanes) is 3. The van der Waals surface area contributed by atoms with Gasteiger partial charge in [0.25, 0.3) is 0 Å². The van der Waals surface area contributed by atoms with E-state index in [-0.39, 0.29) is 5.91 Å². The van der Waals surface area contributed by atoms with E-state index >= 15 is 0 Å². The van der Waals surface area contributed by atoms with E-state index in [1.807, 2.05) is 0 Å². The van der Waals surface area contributed by atoms with Gasteiger partial charge < -0.3 is 5.32 Å². The molecule has 0 aliphatic heterocycles. The van der Waals surface area contributed by atoms with Gasteiger partial charge in [0.2, 0.25) is 11.0 Å². The molecule has 0 saturated carbocycles. The Balaban J connectivity index is 2.24. The van der Waals surface area contributed by atoms with Crippen LogP contribution in [0.4, 0.5) is 5.13 Å². The summed E-state index contributed by atoms with van der Waals surface area (Å²) in [5.74, 6) is 1.02. The molecular weight excluding hydrogens is 254 g/mol. The van der Waals surface area contributed by atoms with Gasteiger partial charge in [-0.25, -0.2) is 0 Å². The van der Waals surface area contributed by atoms with Crippen molar-refractivity contribution in [1.82, 2.24) is 10.2 Å². The van der Waals surface area contributed by atoms with Crippen molar-refractivity contribution in [2.24, 2.45) is 0 Å². The third-order valence-corrected chi connectivity index (χ3v) is 4.03. The summed E-state index contributed by atoms with van der Waals surface area (Å²) < 4.78 is 0.911. The Morgan fingerprint density at radius 2 is 2.12 bits per heavy atom. The number of hydrogen-bond acceptors (Lipinski definition) is 5. The first-order valence-corrected chi connectivity index (χ1v) is 7.82. The van der Waals surface area contributed by atoms with E-state index in [1.165, 1.54) is 24.2 Å².